The second kappa shape index (κ2) is 7.60. The molecule has 0 spiro atoms. The quantitative estimate of drug-likeness (QED) is 0.341. The van der Waals surface area contributed by atoms with Gasteiger partial charge in [0.15, 0.2) is 11.9 Å². The lowest BCUT2D eigenvalue weighted by molar-refractivity contribution is -0.145. The molecule has 5 nitrogen and oxygen atoms in total. The van der Waals surface area contributed by atoms with Crippen LogP contribution in [-0.4, -0.2) is 45.2 Å². The molecule has 0 bridgehead atoms. The van der Waals surface area contributed by atoms with Gasteiger partial charge in [-0.2, -0.15) is 0 Å². The van der Waals surface area contributed by atoms with Gasteiger partial charge < -0.3 is 18.7 Å². The van der Waals surface area contributed by atoms with Crippen LogP contribution in [0.15, 0.2) is 11.5 Å². The summed E-state index contributed by atoms with van der Waals surface area (Å²) in [6, 6.07) is 0. The molecule has 0 fully saturated rings. The fourth-order valence-electron chi connectivity index (χ4n) is 1.82. The molecule has 0 saturated carbocycles. The van der Waals surface area contributed by atoms with E-state index in [1.54, 1.807) is 0 Å². The first-order chi connectivity index (χ1) is 11.4. The van der Waals surface area contributed by atoms with Crippen LogP contribution in [0.3, 0.4) is 0 Å². The summed E-state index contributed by atoms with van der Waals surface area (Å²) in [6.45, 7) is 21.1. The minimum Gasteiger partial charge on any atom is -0.541 e. The number of cyclic esters (lactones) is 1. The summed E-state index contributed by atoms with van der Waals surface area (Å²) in [7, 11) is -4.51. The molecule has 26 heavy (non-hydrogen) atoms. The van der Waals surface area contributed by atoms with Crippen LogP contribution in [0, 0.1) is 0 Å². The summed E-state index contributed by atoms with van der Waals surface area (Å²) in [5, 5.41) is 10.5. The first-order valence-electron chi connectivity index (χ1n) is 9.02. The van der Waals surface area contributed by atoms with Gasteiger partial charge in [-0.25, -0.2) is 4.79 Å². The van der Waals surface area contributed by atoms with Gasteiger partial charge in [-0.05, 0) is 36.3 Å². The third-order valence-electron chi connectivity index (χ3n) is 5.74. The van der Waals surface area contributed by atoms with Crippen molar-refractivity contribution in [3.05, 3.63) is 11.5 Å². The van der Waals surface area contributed by atoms with E-state index in [1.165, 1.54) is 0 Å². The normalized spacial score (nSPS) is 20.9. The van der Waals surface area contributed by atoms with Crippen LogP contribution >= 0.6 is 15.9 Å². The number of alkyl halides is 1. The first kappa shape index (κ1) is 23.7. The molecule has 0 aromatic carbocycles. The molecule has 0 aliphatic carbocycles. The van der Waals surface area contributed by atoms with Crippen molar-refractivity contribution in [2.75, 3.05) is 5.33 Å². The molecule has 1 N–H and O–H groups in total. The standard InChI is InChI=1S/C18H35BrO5Si2/c1-17(2,3)25(7,8)23-14-13(12(20)11-19)22-16(21)15(14)24-26(9,10)18(4,5)6/h12-13,20H,11H2,1-10H3/t12-,13-/m1/s1. The Morgan fingerprint density at radius 2 is 1.46 bits per heavy atom. The van der Waals surface area contributed by atoms with E-state index in [0.717, 1.165) is 0 Å². The van der Waals surface area contributed by atoms with E-state index in [2.05, 4.69) is 83.7 Å². The van der Waals surface area contributed by atoms with Crippen LogP contribution in [0.2, 0.25) is 36.3 Å². The molecule has 152 valence electrons. The zero-order chi connectivity index (χ0) is 20.7. The molecule has 1 heterocycles. The number of halogens is 1. The average Bonchev–Trinajstić information content (AvgIpc) is 2.72. The Morgan fingerprint density at radius 1 is 1.04 bits per heavy atom. The maximum Gasteiger partial charge on any atom is 0.376 e. The molecule has 1 aliphatic rings. The Balaban J connectivity index is 3.41. The molecule has 1 rings (SSSR count). The van der Waals surface area contributed by atoms with E-state index in [0.29, 0.717) is 5.76 Å². The zero-order valence-electron chi connectivity index (χ0n) is 17.8. The van der Waals surface area contributed by atoms with Crippen LogP contribution in [0.5, 0.6) is 0 Å². The minimum absolute atomic E-state index is 0.0579. The third kappa shape index (κ3) is 4.94. The lowest BCUT2D eigenvalue weighted by atomic mass is 10.2. The third-order valence-corrected chi connectivity index (χ3v) is 15.1. The van der Waals surface area contributed by atoms with E-state index in [4.69, 9.17) is 13.6 Å². The summed E-state index contributed by atoms with van der Waals surface area (Å²) in [5.74, 6) is -0.0432. The molecule has 0 aromatic rings. The summed E-state index contributed by atoms with van der Waals surface area (Å²) in [6.07, 6.45) is -1.73. The van der Waals surface area contributed by atoms with Gasteiger partial charge in [-0.1, -0.05) is 57.5 Å². The molecule has 2 atom stereocenters. The van der Waals surface area contributed by atoms with Gasteiger partial charge in [-0.15, -0.1) is 0 Å². The number of esters is 1. The van der Waals surface area contributed by atoms with Crippen molar-refractivity contribution < 1.29 is 23.5 Å². The number of carbonyl (C=O) groups is 1. The number of ether oxygens (including phenoxy) is 1. The Bertz CT molecular complexity index is 573. The Labute approximate surface area is 168 Å². The highest BCUT2D eigenvalue weighted by molar-refractivity contribution is 9.09. The van der Waals surface area contributed by atoms with Crippen molar-refractivity contribution in [1.29, 1.82) is 0 Å². The fraction of sp³-hybridized carbons (Fsp3) is 0.833. The van der Waals surface area contributed by atoms with E-state index in [-0.39, 0.29) is 21.2 Å². The summed E-state index contributed by atoms with van der Waals surface area (Å²) < 4.78 is 18.2. The lowest BCUT2D eigenvalue weighted by Crippen LogP contribution is -2.44. The molecule has 1 aliphatic heterocycles. The van der Waals surface area contributed by atoms with Crippen LogP contribution < -0.4 is 0 Å². The number of hydrogen-bond donors (Lipinski definition) is 1. The number of rotatable bonds is 6. The van der Waals surface area contributed by atoms with Crippen molar-refractivity contribution in [2.45, 2.75) is 90.0 Å². The predicted molar refractivity (Wildman–Crippen MR) is 113 cm³/mol. The molecule has 0 radical (unpaired) electrons. The average molecular weight is 468 g/mol. The van der Waals surface area contributed by atoms with Crippen molar-refractivity contribution in [3.63, 3.8) is 0 Å². The first-order valence-corrected chi connectivity index (χ1v) is 16.0. The van der Waals surface area contributed by atoms with Gasteiger partial charge in [0.05, 0.1) is 0 Å². The lowest BCUT2D eigenvalue weighted by Gasteiger charge is -2.39. The van der Waals surface area contributed by atoms with Crippen molar-refractivity contribution in [3.8, 4) is 0 Å². The molecule has 0 aromatic heterocycles. The molecule has 0 amide bonds. The van der Waals surface area contributed by atoms with E-state index in [1.807, 2.05) is 0 Å². The highest BCUT2D eigenvalue weighted by atomic mass is 79.9. The van der Waals surface area contributed by atoms with Crippen molar-refractivity contribution in [2.24, 2.45) is 0 Å². The number of carbonyl (C=O) groups excluding carboxylic acids is 1. The van der Waals surface area contributed by atoms with Gasteiger partial charge in [0, 0.05) is 5.33 Å². The Kier molecular flexibility index (Phi) is 6.93. The Morgan fingerprint density at radius 3 is 1.85 bits per heavy atom. The summed E-state index contributed by atoms with van der Waals surface area (Å²) >= 11 is 3.26. The van der Waals surface area contributed by atoms with Crippen LogP contribution in [0.4, 0.5) is 0 Å². The highest BCUT2D eigenvalue weighted by Crippen LogP contribution is 2.43. The predicted octanol–water partition coefficient (Wildman–Crippen LogP) is 4.92. The second-order valence-corrected chi connectivity index (χ2v) is 20.1. The van der Waals surface area contributed by atoms with E-state index < -0.39 is 34.8 Å². The molecular formula is C18H35BrO5Si2. The molecule has 8 heteroatoms. The van der Waals surface area contributed by atoms with Crippen molar-refractivity contribution >= 4 is 38.5 Å². The van der Waals surface area contributed by atoms with E-state index in [9.17, 15) is 9.90 Å². The molecule has 0 saturated heterocycles. The smallest absolute Gasteiger partial charge is 0.376 e. The Hall–Kier alpha value is -0.316. The van der Waals surface area contributed by atoms with Crippen LogP contribution in [0.1, 0.15) is 41.5 Å². The SMILES string of the molecule is CC(C)(C)[Si](C)(C)OC1=C(O[Si](C)(C)C(C)(C)C)[C@@H]([C@H](O)CBr)OC1=O. The van der Waals surface area contributed by atoms with Crippen LogP contribution in [-0.2, 0) is 18.4 Å². The second-order valence-electron chi connectivity index (χ2n) is 9.97. The zero-order valence-corrected chi connectivity index (χ0v) is 21.4. The van der Waals surface area contributed by atoms with E-state index >= 15 is 0 Å². The van der Waals surface area contributed by atoms with Gasteiger partial charge in [0.2, 0.25) is 14.1 Å². The van der Waals surface area contributed by atoms with Gasteiger partial charge in [0.25, 0.3) is 8.32 Å². The van der Waals surface area contributed by atoms with Gasteiger partial charge in [-0.3, -0.25) is 0 Å². The van der Waals surface area contributed by atoms with Crippen molar-refractivity contribution in [1.82, 2.24) is 0 Å². The largest absolute Gasteiger partial charge is 0.541 e. The fourth-order valence-corrected chi connectivity index (χ4v) is 4.22. The number of aliphatic hydroxyl groups excluding tert-OH is 1. The van der Waals surface area contributed by atoms with Gasteiger partial charge >= 0.3 is 5.97 Å². The number of aliphatic hydroxyl groups is 1. The summed E-state index contributed by atoms with van der Waals surface area (Å²) in [5.41, 5.74) is 0. The molecular weight excluding hydrogens is 432 g/mol. The number of hydrogen-bond acceptors (Lipinski definition) is 5. The maximum atomic E-state index is 12.6. The summed E-state index contributed by atoms with van der Waals surface area (Å²) in [4.78, 5) is 12.6. The molecule has 0 unspecified atom stereocenters. The topological polar surface area (TPSA) is 65.0 Å². The van der Waals surface area contributed by atoms with Gasteiger partial charge in [0.1, 0.15) is 6.10 Å². The monoisotopic (exact) mass is 466 g/mol. The van der Waals surface area contributed by atoms with Crippen LogP contribution in [0.25, 0.3) is 0 Å². The minimum atomic E-state index is -2.27. The highest BCUT2D eigenvalue weighted by Gasteiger charge is 2.50. The maximum absolute atomic E-state index is 12.6.